The minimum Gasteiger partial charge on any atom is -0.387 e. The molecule has 1 heterocycles. The molecular formula is C19H20N2O2. The summed E-state index contributed by atoms with van der Waals surface area (Å²) < 4.78 is 0. The van der Waals surface area contributed by atoms with E-state index < -0.39 is 6.10 Å². The van der Waals surface area contributed by atoms with Gasteiger partial charge in [-0.25, -0.2) is 0 Å². The Hall–Kier alpha value is -2.46. The van der Waals surface area contributed by atoms with Crippen molar-refractivity contribution >= 4 is 11.6 Å². The molecular weight excluding hydrogens is 288 g/mol. The number of aromatic nitrogens is 1. The van der Waals surface area contributed by atoms with Gasteiger partial charge in [0.25, 0.3) is 5.91 Å². The monoisotopic (exact) mass is 308 g/mol. The number of carbonyl (C=O) groups is 1. The van der Waals surface area contributed by atoms with E-state index >= 15 is 0 Å². The van der Waals surface area contributed by atoms with Gasteiger partial charge in [-0.3, -0.25) is 9.78 Å². The minimum atomic E-state index is -0.482. The first kappa shape index (κ1) is 15.4. The molecule has 2 N–H and O–H groups in total. The van der Waals surface area contributed by atoms with Crippen molar-refractivity contribution in [2.24, 2.45) is 0 Å². The molecule has 1 unspecified atom stereocenters. The van der Waals surface area contributed by atoms with Crippen LogP contribution in [0.15, 0.2) is 53.8 Å². The standard InChI is InChI=1S/C19H20N2O2/c1-12-6-4-3-5-7-14(10-12)19(23)21-16-11-20-18-15(13(16)2)8-9-17(18)22/h3-7,10-11,17,22H,8-9H2,1-2H3,(H,21,23)/b4-3?,5-3-,6-4?,7-5?,12-6?,12-10?,14-7+,14-10?. The molecule has 0 saturated heterocycles. The van der Waals surface area contributed by atoms with E-state index in [0.29, 0.717) is 17.7 Å². The van der Waals surface area contributed by atoms with E-state index in [1.807, 2.05) is 44.2 Å². The zero-order valence-corrected chi connectivity index (χ0v) is 13.3. The number of aliphatic hydroxyl groups is 1. The van der Waals surface area contributed by atoms with Crippen molar-refractivity contribution in [3.05, 3.63) is 70.6 Å². The highest BCUT2D eigenvalue weighted by Crippen LogP contribution is 2.34. The summed E-state index contributed by atoms with van der Waals surface area (Å²) in [6, 6.07) is 0. The van der Waals surface area contributed by atoms with Crippen LogP contribution >= 0.6 is 0 Å². The molecule has 2 aliphatic rings. The third kappa shape index (κ3) is 3.17. The van der Waals surface area contributed by atoms with Crippen molar-refractivity contribution in [3.8, 4) is 0 Å². The molecule has 0 radical (unpaired) electrons. The van der Waals surface area contributed by atoms with Crippen LogP contribution in [0.25, 0.3) is 0 Å². The van der Waals surface area contributed by atoms with Gasteiger partial charge < -0.3 is 10.4 Å². The lowest BCUT2D eigenvalue weighted by molar-refractivity contribution is -0.112. The highest BCUT2D eigenvalue weighted by atomic mass is 16.3. The Bertz CT molecular complexity index is 770. The van der Waals surface area contributed by atoms with E-state index in [1.54, 1.807) is 12.3 Å². The number of allylic oxidation sites excluding steroid dienone is 6. The fraction of sp³-hybridized carbons (Fsp3) is 0.263. The zero-order valence-electron chi connectivity index (χ0n) is 13.3. The van der Waals surface area contributed by atoms with Gasteiger partial charge in [-0.05, 0) is 50.0 Å². The first-order valence-electron chi connectivity index (χ1n) is 7.77. The van der Waals surface area contributed by atoms with Gasteiger partial charge in [-0.2, -0.15) is 0 Å². The number of carbonyl (C=O) groups excluding carboxylic acids is 1. The molecule has 0 bridgehead atoms. The van der Waals surface area contributed by atoms with Crippen LogP contribution in [0.3, 0.4) is 0 Å². The second kappa shape index (κ2) is 6.34. The average molecular weight is 308 g/mol. The summed E-state index contributed by atoms with van der Waals surface area (Å²) >= 11 is 0. The third-order valence-corrected chi connectivity index (χ3v) is 4.23. The lowest BCUT2D eigenvalue weighted by Crippen LogP contribution is -2.15. The summed E-state index contributed by atoms with van der Waals surface area (Å²) in [6.07, 6.45) is 13.9. The van der Waals surface area contributed by atoms with Crippen LogP contribution in [0, 0.1) is 6.92 Å². The Morgan fingerprint density at radius 2 is 2.13 bits per heavy atom. The largest absolute Gasteiger partial charge is 0.387 e. The molecule has 118 valence electrons. The van der Waals surface area contributed by atoms with Gasteiger partial charge in [0.2, 0.25) is 0 Å². The molecule has 1 amide bonds. The van der Waals surface area contributed by atoms with Crippen LogP contribution < -0.4 is 5.32 Å². The maximum atomic E-state index is 12.5. The van der Waals surface area contributed by atoms with Crippen molar-refractivity contribution in [1.82, 2.24) is 4.98 Å². The number of nitrogens with zero attached hydrogens (tertiary/aromatic N) is 1. The second-order valence-corrected chi connectivity index (χ2v) is 5.92. The van der Waals surface area contributed by atoms with E-state index in [2.05, 4.69) is 10.3 Å². The predicted octanol–water partition coefficient (Wildman–Crippen LogP) is 3.31. The fourth-order valence-electron chi connectivity index (χ4n) is 2.92. The molecule has 1 aromatic rings. The number of hydrogen-bond donors (Lipinski definition) is 2. The summed E-state index contributed by atoms with van der Waals surface area (Å²) in [4.78, 5) is 16.9. The molecule has 4 nitrogen and oxygen atoms in total. The highest BCUT2D eigenvalue weighted by Gasteiger charge is 2.25. The molecule has 23 heavy (non-hydrogen) atoms. The number of amides is 1. The lowest BCUT2D eigenvalue weighted by Gasteiger charge is -2.13. The van der Waals surface area contributed by atoms with Crippen LogP contribution in [-0.2, 0) is 11.2 Å². The van der Waals surface area contributed by atoms with Gasteiger partial charge in [0.05, 0.1) is 23.7 Å². The number of aliphatic hydroxyl groups excluding tert-OH is 1. The van der Waals surface area contributed by atoms with E-state index in [-0.39, 0.29) is 5.91 Å². The van der Waals surface area contributed by atoms with E-state index in [1.165, 1.54) is 0 Å². The van der Waals surface area contributed by atoms with Crippen LogP contribution in [0.4, 0.5) is 5.69 Å². The Morgan fingerprint density at radius 3 is 2.96 bits per heavy atom. The molecule has 1 aromatic heterocycles. The minimum absolute atomic E-state index is 0.160. The van der Waals surface area contributed by atoms with Crippen molar-refractivity contribution < 1.29 is 9.90 Å². The summed E-state index contributed by atoms with van der Waals surface area (Å²) in [5.74, 6) is -0.160. The summed E-state index contributed by atoms with van der Waals surface area (Å²) in [7, 11) is 0. The van der Waals surface area contributed by atoms with Gasteiger partial charge in [0.15, 0.2) is 0 Å². The summed E-state index contributed by atoms with van der Waals surface area (Å²) in [5.41, 5.74) is 5.11. The molecule has 0 fully saturated rings. The van der Waals surface area contributed by atoms with Gasteiger partial charge >= 0.3 is 0 Å². The van der Waals surface area contributed by atoms with Gasteiger partial charge in [-0.15, -0.1) is 0 Å². The quantitative estimate of drug-likeness (QED) is 0.881. The van der Waals surface area contributed by atoms with Gasteiger partial charge in [0.1, 0.15) is 0 Å². The molecule has 0 spiro atoms. The normalized spacial score (nSPS) is 23.2. The SMILES string of the molecule is CC1=C/C(C(=O)Nc2cnc3c(c2C)CCC3O)=C\C=C/C=C1. The van der Waals surface area contributed by atoms with E-state index in [9.17, 15) is 9.90 Å². The maximum absolute atomic E-state index is 12.5. The third-order valence-electron chi connectivity index (χ3n) is 4.23. The number of anilines is 1. The Morgan fingerprint density at radius 1 is 1.30 bits per heavy atom. The predicted molar refractivity (Wildman–Crippen MR) is 91.0 cm³/mol. The molecule has 0 aromatic carbocycles. The number of nitrogens with one attached hydrogen (secondary N) is 1. The first-order valence-corrected chi connectivity index (χ1v) is 7.77. The van der Waals surface area contributed by atoms with Crippen molar-refractivity contribution in [2.45, 2.75) is 32.8 Å². The smallest absolute Gasteiger partial charge is 0.255 e. The zero-order chi connectivity index (χ0) is 16.4. The maximum Gasteiger partial charge on any atom is 0.255 e. The Labute approximate surface area is 135 Å². The highest BCUT2D eigenvalue weighted by molar-refractivity contribution is 6.06. The van der Waals surface area contributed by atoms with Crippen LogP contribution in [0.1, 0.15) is 36.3 Å². The topological polar surface area (TPSA) is 62.2 Å². The fourth-order valence-corrected chi connectivity index (χ4v) is 2.92. The molecule has 3 rings (SSSR count). The van der Waals surface area contributed by atoms with E-state index in [0.717, 1.165) is 28.8 Å². The van der Waals surface area contributed by atoms with Crippen LogP contribution in [0.5, 0.6) is 0 Å². The molecule has 1 atom stereocenters. The van der Waals surface area contributed by atoms with Crippen molar-refractivity contribution in [3.63, 3.8) is 0 Å². The first-order chi connectivity index (χ1) is 11.1. The number of fused-ring (bicyclic) bond motifs is 1. The van der Waals surface area contributed by atoms with Crippen molar-refractivity contribution in [1.29, 1.82) is 0 Å². The Kier molecular flexibility index (Phi) is 4.26. The number of pyridine rings is 1. The molecule has 4 heteroatoms. The molecule has 2 aliphatic carbocycles. The number of rotatable bonds is 2. The number of hydrogen-bond acceptors (Lipinski definition) is 3. The average Bonchev–Trinajstić information content (AvgIpc) is 2.87. The molecule has 0 saturated carbocycles. The molecule has 0 aliphatic heterocycles. The van der Waals surface area contributed by atoms with Gasteiger partial charge in [0, 0.05) is 5.57 Å². The van der Waals surface area contributed by atoms with Crippen LogP contribution in [0.2, 0.25) is 0 Å². The van der Waals surface area contributed by atoms with Crippen molar-refractivity contribution in [2.75, 3.05) is 5.32 Å². The second-order valence-electron chi connectivity index (χ2n) is 5.92. The van der Waals surface area contributed by atoms with E-state index in [4.69, 9.17) is 0 Å². The Balaban J connectivity index is 1.85. The summed E-state index contributed by atoms with van der Waals surface area (Å²) in [6.45, 7) is 3.92. The van der Waals surface area contributed by atoms with Gasteiger partial charge in [-0.1, -0.05) is 29.9 Å². The van der Waals surface area contributed by atoms with Crippen LogP contribution in [-0.4, -0.2) is 16.0 Å². The lowest BCUT2D eigenvalue weighted by atomic mass is 10.1. The summed E-state index contributed by atoms with van der Waals surface area (Å²) in [5, 5.41) is 12.8.